The fourth-order valence-electron chi connectivity index (χ4n) is 2.62. The van der Waals surface area contributed by atoms with Crippen molar-refractivity contribution in [2.75, 3.05) is 10.7 Å². The predicted octanol–water partition coefficient (Wildman–Crippen LogP) is 1.66. The van der Waals surface area contributed by atoms with E-state index in [1.165, 1.54) is 0 Å². The van der Waals surface area contributed by atoms with Crippen LogP contribution in [0.4, 0.5) is 11.6 Å². The third kappa shape index (κ3) is 3.28. The molecule has 1 unspecified atom stereocenters. The second-order valence-electron chi connectivity index (χ2n) is 5.48. The summed E-state index contributed by atoms with van der Waals surface area (Å²) in [6, 6.07) is 9.22. The van der Waals surface area contributed by atoms with Crippen molar-refractivity contribution in [2.45, 2.75) is 26.2 Å². The fraction of sp³-hybridized carbons (Fsp3) is 0.250. The number of fused-ring (bicyclic) bond motifs is 1. The number of amides is 2. The molecule has 2 aromatic rings. The Hall–Kier alpha value is -2.96. The van der Waals surface area contributed by atoms with E-state index in [1.807, 2.05) is 44.2 Å². The zero-order chi connectivity index (χ0) is 16.4. The number of hydrogen-bond acceptors (Lipinski definition) is 5. The molecule has 2 heterocycles. The third-order valence-electron chi connectivity index (χ3n) is 3.60. The molecule has 0 fully saturated rings. The highest BCUT2D eigenvalue weighted by Crippen LogP contribution is 2.34. The van der Waals surface area contributed by atoms with E-state index in [4.69, 9.17) is 0 Å². The second-order valence-corrected chi connectivity index (χ2v) is 5.48. The molecule has 7 heteroatoms. The predicted molar refractivity (Wildman–Crippen MR) is 85.7 cm³/mol. The zero-order valence-corrected chi connectivity index (χ0v) is 12.9. The van der Waals surface area contributed by atoms with Gasteiger partial charge in [-0.1, -0.05) is 18.2 Å². The number of anilines is 2. The molecular weight excluding hydrogens is 294 g/mol. The number of nitrogens with one attached hydrogen (secondary N) is 3. The van der Waals surface area contributed by atoms with Gasteiger partial charge in [0.2, 0.25) is 17.8 Å². The highest BCUT2D eigenvalue weighted by atomic mass is 16.2. The van der Waals surface area contributed by atoms with Crippen LogP contribution in [0.5, 0.6) is 0 Å². The van der Waals surface area contributed by atoms with Crippen LogP contribution >= 0.6 is 0 Å². The van der Waals surface area contributed by atoms with Gasteiger partial charge in [0.25, 0.3) is 0 Å². The van der Waals surface area contributed by atoms with Gasteiger partial charge in [0.05, 0.1) is 5.92 Å². The summed E-state index contributed by atoms with van der Waals surface area (Å²) < 4.78 is 0. The lowest BCUT2D eigenvalue weighted by Crippen LogP contribution is -2.32. The van der Waals surface area contributed by atoms with Gasteiger partial charge in [0.15, 0.2) is 0 Å². The summed E-state index contributed by atoms with van der Waals surface area (Å²) in [5.41, 5.74) is 8.44. The standard InChI is InChI=1S/C16H17N5O2/c1-9-7-10(2)18-16(17-9)21-20-14(22)8-12-11-5-3-4-6-13(11)19-15(12)23/h3-7,12H,8H2,1-2H3,(H,19,23)(H,20,22)(H,17,18,21). The van der Waals surface area contributed by atoms with Gasteiger partial charge < -0.3 is 5.32 Å². The molecule has 0 saturated heterocycles. The van der Waals surface area contributed by atoms with Crippen molar-refractivity contribution < 1.29 is 9.59 Å². The Bertz CT molecular complexity index is 755. The number of benzene rings is 1. The average molecular weight is 311 g/mol. The van der Waals surface area contributed by atoms with Crippen LogP contribution in [0.2, 0.25) is 0 Å². The van der Waals surface area contributed by atoms with Crippen LogP contribution in [-0.2, 0) is 9.59 Å². The number of rotatable bonds is 4. The summed E-state index contributed by atoms with van der Waals surface area (Å²) in [4.78, 5) is 32.4. The first-order chi connectivity index (χ1) is 11.0. The lowest BCUT2D eigenvalue weighted by molar-refractivity contribution is -0.124. The first kappa shape index (κ1) is 15.0. The van der Waals surface area contributed by atoms with Crippen LogP contribution in [0.15, 0.2) is 30.3 Å². The molecule has 3 N–H and O–H groups in total. The summed E-state index contributed by atoms with van der Waals surface area (Å²) in [5, 5.41) is 2.78. The molecule has 0 aliphatic carbocycles. The molecule has 3 rings (SSSR count). The van der Waals surface area contributed by atoms with E-state index in [0.717, 1.165) is 22.6 Å². The largest absolute Gasteiger partial charge is 0.325 e. The number of carbonyl (C=O) groups excluding carboxylic acids is 2. The van der Waals surface area contributed by atoms with Gasteiger partial charge in [0, 0.05) is 23.5 Å². The van der Waals surface area contributed by atoms with E-state index in [0.29, 0.717) is 5.95 Å². The Labute approximate surface area is 133 Å². The number of hydrogen-bond donors (Lipinski definition) is 3. The van der Waals surface area contributed by atoms with Crippen LogP contribution in [0.1, 0.15) is 29.3 Å². The molecule has 1 aromatic heterocycles. The van der Waals surface area contributed by atoms with Crippen LogP contribution < -0.4 is 16.2 Å². The lowest BCUT2D eigenvalue weighted by atomic mass is 9.97. The van der Waals surface area contributed by atoms with Crippen molar-refractivity contribution in [3.05, 3.63) is 47.3 Å². The number of para-hydroxylation sites is 1. The number of aryl methyl sites for hydroxylation is 2. The molecule has 0 saturated carbocycles. The zero-order valence-electron chi connectivity index (χ0n) is 12.9. The molecular formula is C16H17N5O2. The fourth-order valence-corrected chi connectivity index (χ4v) is 2.62. The van der Waals surface area contributed by atoms with Crippen LogP contribution in [0.3, 0.4) is 0 Å². The molecule has 0 spiro atoms. The number of aromatic nitrogens is 2. The van der Waals surface area contributed by atoms with Gasteiger partial charge in [-0.15, -0.1) is 0 Å². The van der Waals surface area contributed by atoms with Crippen LogP contribution in [0, 0.1) is 13.8 Å². The van der Waals surface area contributed by atoms with Crippen molar-refractivity contribution >= 4 is 23.5 Å². The van der Waals surface area contributed by atoms with Crippen molar-refractivity contribution in [3.63, 3.8) is 0 Å². The maximum atomic E-state index is 12.1. The summed E-state index contributed by atoms with van der Waals surface area (Å²) in [7, 11) is 0. The quantitative estimate of drug-likeness (QED) is 0.746. The Morgan fingerprint density at radius 1 is 1.22 bits per heavy atom. The Balaban J connectivity index is 1.63. The van der Waals surface area contributed by atoms with E-state index in [9.17, 15) is 9.59 Å². The smallest absolute Gasteiger partial charge is 0.242 e. The highest BCUT2D eigenvalue weighted by molar-refractivity contribution is 6.04. The monoisotopic (exact) mass is 311 g/mol. The van der Waals surface area contributed by atoms with E-state index in [-0.39, 0.29) is 18.2 Å². The summed E-state index contributed by atoms with van der Waals surface area (Å²) >= 11 is 0. The maximum absolute atomic E-state index is 12.1. The molecule has 1 atom stereocenters. The minimum absolute atomic E-state index is 0.0562. The molecule has 0 radical (unpaired) electrons. The first-order valence-corrected chi connectivity index (χ1v) is 7.30. The third-order valence-corrected chi connectivity index (χ3v) is 3.60. The Morgan fingerprint density at radius 2 is 1.91 bits per heavy atom. The first-order valence-electron chi connectivity index (χ1n) is 7.30. The van der Waals surface area contributed by atoms with Crippen LogP contribution in [-0.4, -0.2) is 21.8 Å². The average Bonchev–Trinajstić information content (AvgIpc) is 2.80. The van der Waals surface area contributed by atoms with Gasteiger partial charge in [-0.3, -0.25) is 20.4 Å². The minimum atomic E-state index is -0.479. The topological polar surface area (TPSA) is 96.0 Å². The normalized spacial score (nSPS) is 15.7. The number of nitrogens with zero attached hydrogens (tertiary/aromatic N) is 2. The molecule has 7 nitrogen and oxygen atoms in total. The highest BCUT2D eigenvalue weighted by Gasteiger charge is 2.31. The molecule has 0 bridgehead atoms. The number of carbonyl (C=O) groups is 2. The van der Waals surface area contributed by atoms with Gasteiger partial charge in [-0.2, -0.15) is 0 Å². The van der Waals surface area contributed by atoms with E-state index in [2.05, 4.69) is 26.1 Å². The molecule has 23 heavy (non-hydrogen) atoms. The summed E-state index contributed by atoms with van der Waals surface area (Å²) in [6.45, 7) is 3.70. The molecule has 2 amide bonds. The van der Waals surface area contributed by atoms with Gasteiger partial charge >= 0.3 is 0 Å². The van der Waals surface area contributed by atoms with E-state index >= 15 is 0 Å². The van der Waals surface area contributed by atoms with Gasteiger partial charge in [-0.25, -0.2) is 9.97 Å². The van der Waals surface area contributed by atoms with Crippen LogP contribution in [0.25, 0.3) is 0 Å². The van der Waals surface area contributed by atoms with E-state index in [1.54, 1.807) is 0 Å². The van der Waals surface area contributed by atoms with Gasteiger partial charge in [0.1, 0.15) is 0 Å². The Morgan fingerprint density at radius 3 is 2.65 bits per heavy atom. The van der Waals surface area contributed by atoms with E-state index < -0.39 is 5.92 Å². The molecule has 1 aliphatic rings. The summed E-state index contributed by atoms with van der Waals surface area (Å²) in [6.07, 6.45) is 0.0562. The van der Waals surface area contributed by atoms with Crippen molar-refractivity contribution in [1.29, 1.82) is 0 Å². The molecule has 118 valence electrons. The summed E-state index contributed by atoms with van der Waals surface area (Å²) in [5.74, 6) is -0.617. The minimum Gasteiger partial charge on any atom is -0.325 e. The number of hydrazine groups is 1. The molecule has 1 aromatic carbocycles. The maximum Gasteiger partial charge on any atom is 0.242 e. The van der Waals surface area contributed by atoms with Crippen molar-refractivity contribution in [2.24, 2.45) is 0 Å². The SMILES string of the molecule is Cc1cc(C)nc(NNC(=O)CC2C(=O)Nc3ccccc32)n1. The van der Waals surface area contributed by atoms with Gasteiger partial charge in [-0.05, 0) is 31.5 Å². The second kappa shape index (κ2) is 6.04. The lowest BCUT2D eigenvalue weighted by Gasteiger charge is -2.11. The van der Waals surface area contributed by atoms with Crippen molar-refractivity contribution in [3.8, 4) is 0 Å². The molecule has 1 aliphatic heterocycles. The van der Waals surface area contributed by atoms with Crippen molar-refractivity contribution in [1.82, 2.24) is 15.4 Å². The Kier molecular flexibility index (Phi) is 3.92.